The molecule has 4 heteroatoms. The highest BCUT2D eigenvalue weighted by atomic mass is 32.2. The molecule has 0 heterocycles. The van der Waals surface area contributed by atoms with Gasteiger partial charge in [-0.3, -0.25) is 0 Å². The first kappa shape index (κ1) is 18.0. The lowest BCUT2D eigenvalue weighted by atomic mass is 9.90. The van der Waals surface area contributed by atoms with E-state index in [0.29, 0.717) is 0 Å². The summed E-state index contributed by atoms with van der Waals surface area (Å²) in [5, 5.41) is 12.3. The van der Waals surface area contributed by atoms with Gasteiger partial charge in [-0.2, -0.15) is 5.26 Å². The molecular weight excluding hydrogens is 280 g/mol. The number of hydrogen-bond acceptors (Lipinski definition) is 4. The summed E-state index contributed by atoms with van der Waals surface area (Å²) >= 11 is 1.87. The number of ether oxygens (including phenoxy) is 1. The number of nitrogens with zero attached hydrogens (tertiary/aromatic N) is 1. The van der Waals surface area contributed by atoms with Gasteiger partial charge in [0.1, 0.15) is 0 Å². The zero-order chi connectivity index (χ0) is 15.6. The summed E-state index contributed by atoms with van der Waals surface area (Å²) in [6.07, 6.45) is 2.02. The number of benzene rings is 1. The molecule has 0 unspecified atom stereocenters. The molecule has 1 aromatic rings. The van der Waals surface area contributed by atoms with Gasteiger partial charge in [0.25, 0.3) is 0 Å². The van der Waals surface area contributed by atoms with Gasteiger partial charge in [0.15, 0.2) is 0 Å². The number of thioether (sulfide) groups is 1. The fourth-order valence-corrected chi connectivity index (χ4v) is 2.85. The van der Waals surface area contributed by atoms with Crippen LogP contribution in [0.15, 0.2) is 29.2 Å². The molecule has 116 valence electrons. The van der Waals surface area contributed by atoms with Gasteiger partial charge >= 0.3 is 0 Å². The first-order valence-electron chi connectivity index (χ1n) is 7.40. The van der Waals surface area contributed by atoms with Gasteiger partial charge in [0.2, 0.25) is 0 Å². The number of nitriles is 1. The van der Waals surface area contributed by atoms with E-state index in [-0.39, 0.29) is 5.41 Å². The molecular formula is C17H26N2OS. The van der Waals surface area contributed by atoms with Crippen LogP contribution in [0.4, 0.5) is 0 Å². The van der Waals surface area contributed by atoms with Crippen LogP contribution in [0, 0.1) is 16.7 Å². The predicted molar refractivity (Wildman–Crippen MR) is 89.4 cm³/mol. The summed E-state index contributed by atoms with van der Waals surface area (Å²) in [7, 11) is 1.71. The van der Waals surface area contributed by atoms with Crippen molar-refractivity contribution in [1.29, 1.82) is 5.26 Å². The topological polar surface area (TPSA) is 45.0 Å². The second kappa shape index (κ2) is 9.83. The van der Waals surface area contributed by atoms with Crippen LogP contribution in [0.25, 0.3) is 0 Å². The molecule has 0 aliphatic heterocycles. The lowest BCUT2D eigenvalue weighted by molar-refractivity contribution is 0.199. The van der Waals surface area contributed by atoms with Crippen LogP contribution in [-0.2, 0) is 11.3 Å². The highest BCUT2D eigenvalue weighted by Gasteiger charge is 2.15. The minimum atomic E-state index is -0.201. The zero-order valence-corrected chi connectivity index (χ0v) is 14.1. The molecule has 0 saturated heterocycles. The maximum atomic E-state index is 8.99. The molecule has 0 bridgehead atoms. The first-order valence-corrected chi connectivity index (χ1v) is 8.38. The number of hydrogen-bond donors (Lipinski definition) is 1. The Kier molecular flexibility index (Phi) is 8.44. The molecule has 0 aliphatic carbocycles. The summed E-state index contributed by atoms with van der Waals surface area (Å²) in [4.78, 5) is 1.30. The van der Waals surface area contributed by atoms with E-state index in [4.69, 9.17) is 10.00 Å². The van der Waals surface area contributed by atoms with Crippen LogP contribution in [0.3, 0.4) is 0 Å². The molecule has 0 radical (unpaired) electrons. The van der Waals surface area contributed by atoms with Gasteiger partial charge in [-0.05, 0) is 50.1 Å². The maximum absolute atomic E-state index is 8.99. The fraction of sp³-hybridized carbons (Fsp3) is 0.588. The Morgan fingerprint density at radius 3 is 2.90 bits per heavy atom. The highest BCUT2D eigenvalue weighted by molar-refractivity contribution is 7.99. The van der Waals surface area contributed by atoms with Crippen molar-refractivity contribution >= 4 is 11.8 Å². The van der Waals surface area contributed by atoms with E-state index in [1.54, 1.807) is 7.11 Å². The third-order valence-corrected chi connectivity index (χ3v) is 4.31. The molecule has 1 rings (SSSR count). The minimum absolute atomic E-state index is 0.201. The third kappa shape index (κ3) is 8.11. The van der Waals surface area contributed by atoms with E-state index in [1.165, 1.54) is 10.5 Å². The van der Waals surface area contributed by atoms with E-state index in [9.17, 15) is 0 Å². The van der Waals surface area contributed by atoms with Crippen LogP contribution >= 0.6 is 11.8 Å². The van der Waals surface area contributed by atoms with Gasteiger partial charge in [0, 0.05) is 25.1 Å². The van der Waals surface area contributed by atoms with Gasteiger partial charge in [0.05, 0.1) is 18.1 Å². The molecule has 3 nitrogen and oxygen atoms in total. The number of rotatable bonds is 10. The third-order valence-electron chi connectivity index (χ3n) is 3.23. The van der Waals surface area contributed by atoms with Crippen molar-refractivity contribution in [2.24, 2.45) is 5.41 Å². The normalized spacial score (nSPS) is 11.3. The Balaban J connectivity index is 2.31. The predicted octanol–water partition coefficient (Wildman–Crippen LogP) is 3.84. The van der Waals surface area contributed by atoms with Crippen LogP contribution in [0.2, 0.25) is 0 Å². The van der Waals surface area contributed by atoms with Gasteiger partial charge in [-0.25, -0.2) is 0 Å². The van der Waals surface area contributed by atoms with Crippen LogP contribution in [-0.4, -0.2) is 26.0 Å². The Morgan fingerprint density at radius 2 is 2.19 bits per heavy atom. The summed E-state index contributed by atoms with van der Waals surface area (Å²) in [5.41, 5.74) is 1.10. The Hall–Kier alpha value is -1.02. The van der Waals surface area contributed by atoms with Crippen molar-refractivity contribution in [3.05, 3.63) is 29.8 Å². The van der Waals surface area contributed by atoms with Crippen molar-refractivity contribution < 1.29 is 4.74 Å². The molecule has 0 saturated carbocycles. The Labute approximate surface area is 133 Å². The molecule has 0 aliphatic rings. The minimum Gasteiger partial charge on any atom is -0.383 e. The van der Waals surface area contributed by atoms with E-state index < -0.39 is 0 Å². The molecule has 0 fully saturated rings. The van der Waals surface area contributed by atoms with Crippen molar-refractivity contribution in [3.63, 3.8) is 0 Å². The fourth-order valence-electron chi connectivity index (χ4n) is 1.91. The average molecular weight is 306 g/mol. The molecule has 1 N–H and O–H groups in total. The van der Waals surface area contributed by atoms with Crippen molar-refractivity contribution in [2.75, 3.05) is 26.0 Å². The highest BCUT2D eigenvalue weighted by Crippen LogP contribution is 2.25. The number of methoxy groups -OCH3 is 1. The van der Waals surface area contributed by atoms with Crippen LogP contribution < -0.4 is 5.32 Å². The van der Waals surface area contributed by atoms with Crippen molar-refractivity contribution in [1.82, 2.24) is 5.32 Å². The zero-order valence-electron chi connectivity index (χ0n) is 13.3. The maximum Gasteiger partial charge on any atom is 0.0683 e. The van der Waals surface area contributed by atoms with Crippen LogP contribution in [0.5, 0.6) is 0 Å². The molecule has 0 aromatic heterocycles. The number of nitrogens with one attached hydrogen (secondary N) is 1. The second-order valence-corrected chi connectivity index (χ2v) is 6.93. The standard InChI is InChI=1S/C17H26N2OS/c1-17(2,14-18)8-5-11-21-16-7-4-6-15(12-16)13-19-9-10-20-3/h4,6-7,12,19H,5,8-11,13H2,1-3H3. The Morgan fingerprint density at radius 1 is 1.38 bits per heavy atom. The van der Waals surface area contributed by atoms with Gasteiger partial charge in [-0.15, -0.1) is 11.8 Å². The Bertz CT molecular complexity index is 454. The van der Waals surface area contributed by atoms with Crippen molar-refractivity contribution in [2.45, 2.75) is 38.1 Å². The van der Waals surface area contributed by atoms with Gasteiger partial charge in [-0.1, -0.05) is 12.1 Å². The summed E-state index contributed by atoms with van der Waals surface area (Å²) in [6.45, 7) is 6.49. The molecule has 0 amide bonds. The SMILES string of the molecule is COCCNCc1cccc(SCCCC(C)(C)C#N)c1. The summed E-state index contributed by atoms with van der Waals surface area (Å²) in [5.74, 6) is 1.06. The first-order chi connectivity index (χ1) is 10.1. The molecule has 21 heavy (non-hydrogen) atoms. The lowest BCUT2D eigenvalue weighted by Gasteiger charge is -2.14. The van der Waals surface area contributed by atoms with Crippen LogP contribution in [0.1, 0.15) is 32.3 Å². The largest absolute Gasteiger partial charge is 0.383 e. The summed E-state index contributed by atoms with van der Waals surface area (Å²) < 4.78 is 5.02. The summed E-state index contributed by atoms with van der Waals surface area (Å²) in [6, 6.07) is 11.0. The molecule has 0 spiro atoms. The quantitative estimate of drug-likeness (QED) is 0.527. The average Bonchev–Trinajstić information content (AvgIpc) is 2.49. The van der Waals surface area contributed by atoms with Gasteiger partial charge < -0.3 is 10.1 Å². The molecule has 1 aromatic carbocycles. The van der Waals surface area contributed by atoms with E-state index in [1.807, 2.05) is 25.6 Å². The van der Waals surface area contributed by atoms with Crippen molar-refractivity contribution in [3.8, 4) is 6.07 Å². The van der Waals surface area contributed by atoms with E-state index in [2.05, 4.69) is 35.7 Å². The second-order valence-electron chi connectivity index (χ2n) is 5.76. The van der Waals surface area contributed by atoms with E-state index >= 15 is 0 Å². The lowest BCUT2D eigenvalue weighted by Crippen LogP contribution is -2.18. The van der Waals surface area contributed by atoms with E-state index in [0.717, 1.165) is 38.3 Å². The monoisotopic (exact) mass is 306 g/mol. The molecule has 0 atom stereocenters. The smallest absolute Gasteiger partial charge is 0.0683 e.